The lowest BCUT2D eigenvalue weighted by molar-refractivity contribution is -0.138. The number of ether oxygens (including phenoxy) is 14. The van der Waals surface area contributed by atoms with Crippen molar-refractivity contribution in [3.05, 3.63) is 63.0 Å². The lowest BCUT2D eigenvalue weighted by Crippen LogP contribution is -2.41. The SMILES string of the molecule is COCCOCCOCCOCCOCCOCCOc1cc(NC(=O)CN2C(=O)C3C(C(=O)N(CC[C@@H](C)CCCC(C)C)C3c3cccs3)C2c2cccs2)cc(OCCOCCOCCOCCOCCOCCOC)c1. The average molecular weight is 1170 g/mol. The van der Waals surface area contributed by atoms with Crippen LogP contribution in [0.1, 0.15) is 68.3 Å². The number of hydrogen-bond acceptors (Lipinski definition) is 19. The molecule has 0 radical (unpaired) electrons. The van der Waals surface area contributed by atoms with E-state index < -0.39 is 29.8 Å². The predicted octanol–water partition coefficient (Wildman–Crippen LogP) is 7.22. The standard InChI is InChI=1S/C58H91N3O17S2/c1-45(2)9-6-10-46(3)13-14-60-55(50-11-7-39-79-50)53-54(57(60)63)56(51-12-8-40-80-51)61(58(53)64)44-52(62)59-47-41-48(77-37-35-75-33-31-73-29-27-71-25-23-69-21-19-67-17-15-65-4)43-49(42-47)78-38-36-76-34-32-74-30-28-72-26-24-70-22-20-68-18-16-66-5/h7-8,11-12,39-43,45-46,53-56H,6,9-10,13-38,44H2,1-5H3,(H,59,62)/t46-,53?,54?,55?,56?/m0/s1. The zero-order chi connectivity index (χ0) is 56.8. The molecule has 5 rings (SSSR count). The molecule has 2 aromatic heterocycles. The molecule has 2 fully saturated rings. The first-order valence-electron chi connectivity index (χ1n) is 28.3. The summed E-state index contributed by atoms with van der Waals surface area (Å²) in [5.74, 6) is 0.0691. The van der Waals surface area contributed by atoms with E-state index in [0.29, 0.717) is 168 Å². The number of methoxy groups -OCH3 is 2. The van der Waals surface area contributed by atoms with Crippen molar-refractivity contribution in [3.8, 4) is 11.5 Å². The summed E-state index contributed by atoms with van der Waals surface area (Å²) in [6.07, 6.45) is 4.29. The molecule has 20 nitrogen and oxygen atoms in total. The molecule has 0 saturated carbocycles. The van der Waals surface area contributed by atoms with Crippen LogP contribution in [0.15, 0.2) is 53.2 Å². The van der Waals surface area contributed by atoms with Crippen LogP contribution in [0.4, 0.5) is 5.69 Å². The highest BCUT2D eigenvalue weighted by molar-refractivity contribution is 7.10. The molecule has 5 atom stereocenters. The normalized spacial score (nSPS) is 17.5. The third-order valence-corrected chi connectivity index (χ3v) is 15.1. The molecule has 2 aliphatic rings. The van der Waals surface area contributed by atoms with Crippen molar-refractivity contribution in [2.24, 2.45) is 23.7 Å². The quantitative estimate of drug-likeness (QED) is 0.0556. The molecular formula is C58H91N3O17S2. The molecule has 0 aliphatic carbocycles. The van der Waals surface area contributed by atoms with Crippen molar-refractivity contribution in [1.82, 2.24) is 9.80 Å². The number of carbonyl (C=O) groups is 3. The number of nitrogens with zero attached hydrogens (tertiary/aromatic N) is 2. The summed E-state index contributed by atoms with van der Waals surface area (Å²) in [6, 6.07) is 12.0. The van der Waals surface area contributed by atoms with Gasteiger partial charge >= 0.3 is 0 Å². The topological polar surface area (TPSA) is 199 Å². The molecule has 1 N–H and O–H groups in total. The number of likely N-dealkylation sites (tertiary alicyclic amines) is 2. The molecule has 0 bridgehead atoms. The number of nitrogens with one attached hydrogen (secondary N) is 1. The van der Waals surface area contributed by atoms with Gasteiger partial charge in [-0.05, 0) is 41.1 Å². The summed E-state index contributed by atoms with van der Waals surface area (Å²) in [6.45, 7) is 17.4. The number of rotatable bonds is 50. The Balaban J connectivity index is 1.11. The van der Waals surface area contributed by atoms with Crippen LogP contribution in [0.2, 0.25) is 0 Å². The maximum absolute atomic E-state index is 14.9. The molecule has 2 saturated heterocycles. The van der Waals surface area contributed by atoms with Gasteiger partial charge in [0.25, 0.3) is 0 Å². The van der Waals surface area contributed by atoms with Gasteiger partial charge in [-0.1, -0.05) is 52.2 Å². The number of benzene rings is 1. The summed E-state index contributed by atoms with van der Waals surface area (Å²) in [7, 11) is 3.27. The Labute approximate surface area is 482 Å². The monoisotopic (exact) mass is 1170 g/mol. The van der Waals surface area contributed by atoms with Crippen molar-refractivity contribution in [3.63, 3.8) is 0 Å². The second-order valence-corrected chi connectivity index (χ2v) is 21.7. The molecule has 2 aliphatic heterocycles. The Kier molecular flexibility index (Phi) is 34.5. The van der Waals surface area contributed by atoms with Gasteiger partial charge in [-0.25, -0.2) is 0 Å². The van der Waals surface area contributed by atoms with Gasteiger partial charge in [0.05, 0.1) is 169 Å². The van der Waals surface area contributed by atoms with Crippen LogP contribution < -0.4 is 14.8 Å². The Hall–Kier alpha value is -3.85. The number of thiophene rings is 2. The molecule has 4 heterocycles. The van der Waals surface area contributed by atoms with E-state index in [1.165, 1.54) is 17.8 Å². The second-order valence-electron chi connectivity index (χ2n) is 19.7. The van der Waals surface area contributed by atoms with Crippen molar-refractivity contribution in [1.29, 1.82) is 0 Å². The van der Waals surface area contributed by atoms with Crippen LogP contribution >= 0.6 is 22.7 Å². The van der Waals surface area contributed by atoms with Gasteiger partial charge in [0.2, 0.25) is 17.7 Å². The maximum atomic E-state index is 14.9. The van der Waals surface area contributed by atoms with E-state index in [2.05, 4.69) is 26.1 Å². The van der Waals surface area contributed by atoms with Crippen LogP contribution in [0.5, 0.6) is 11.5 Å². The van der Waals surface area contributed by atoms with E-state index in [4.69, 9.17) is 66.3 Å². The minimum absolute atomic E-state index is 0.0317. The number of amides is 3. The van der Waals surface area contributed by atoms with E-state index in [-0.39, 0.29) is 44.8 Å². The molecule has 3 aromatic rings. The molecule has 1 aromatic carbocycles. The molecule has 80 heavy (non-hydrogen) atoms. The molecule has 0 spiro atoms. The van der Waals surface area contributed by atoms with Crippen LogP contribution in [-0.4, -0.2) is 213 Å². The van der Waals surface area contributed by atoms with Crippen molar-refractivity contribution in [2.75, 3.05) is 191 Å². The fourth-order valence-corrected chi connectivity index (χ4v) is 11.0. The zero-order valence-corrected chi connectivity index (χ0v) is 49.7. The zero-order valence-electron chi connectivity index (χ0n) is 48.0. The lowest BCUT2D eigenvalue weighted by atomic mass is 9.87. The van der Waals surface area contributed by atoms with Crippen LogP contribution in [0.25, 0.3) is 0 Å². The summed E-state index contributed by atoms with van der Waals surface area (Å²) >= 11 is 3.06. The number of fused-ring (bicyclic) bond motifs is 1. The van der Waals surface area contributed by atoms with Gasteiger partial charge < -0.3 is 81.4 Å². The highest BCUT2D eigenvalue weighted by Gasteiger charge is 2.63. The molecular weight excluding hydrogens is 1070 g/mol. The van der Waals surface area contributed by atoms with Gasteiger partial charge in [0.1, 0.15) is 31.3 Å². The van der Waals surface area contributed by atoms with Gasteiger partial charge in [-0.2, -0.15) is 0 Å². The fourth-order valence-electron chi connectivity index (χ4n) is 9.25. The van der Waals surface area contributed by atoms with Gasteiger partial charge in [-0.15, -0.1) is 22.7 Å². The number of anilines is 1. The largest absolute Gasteiger partial charge is 0.491 e. The van der Waals surface area contributed by atoms with E-state index in [9.17, 15) is 14.4 Å². The first-order chi connectivity index (χ1) is 39.2. The number of carbonyl (C=O) groups excluding carboxylic acids is 3. The molecule has 22 heteroatoms. The Morgan fingerprint density at radius 1 is 0.500 bits per heavy atom. The summed E-state index contributed by atoms with van der Waals surface area (Å²) in [4.78, 5) is 49.3. The molecule has 3 amide bonds. The van der Waals surface area contributed by atoms with E-state index in [0.717, 1.165) is 29.0 Å². The van der Waals surface area contributed by atoms with Gasteiger partial charge in [0, 0.05) is 54.4 Å². The maximum Gasteiger partial charge on any atom is 0.244 e. The summed E-state index contributed by atoms with van der Waals surface area (Å²) in [5.41, 5.74) is 0.411. The van der Waals surface area contributed by atoms with Crippen LogP contribution in [-0.2, 0) is 71.2 Å². The Morgan fingerprint density at radius 2 is 0.875 bits per heavy atom. The second kappa shape index (κ2) is 41.2. The third kappa shape index (κ3) is 25.3. The molecule has 452 valence electrons. The molecule has 4 unspecified atom stereocenters. The van der Waals surface area contributed by atoms with Crippen molar-refractivity contribution >= 4 is 46.1 Å². The predicted molar refractivity (Wildman–Crippen MR) is 305 cm³/mol. The minimum atomic E-state index is -0.628. The Bertz CT molecular complexity index is 2010. The van der Waals surface area contributed by atoms with Crippen molar-refractivity contribution < 1.29 is 80.7 Å². The van der Waals surface area contributed by atoms with E-state index in [1.807, 2.05) is 39.9 Å². The van der Waals surface area contributed by atoms with E-state index >= 15 is 0 Å². The van der Waals surface area contributed by atoms with Crippen LogP contribution in [0, 0.1) is 23.7 Å². The smallest absolute Gasteiger partial charge is 0.244 e. The highest BCUT2D eigenvalue weighted by Crippen LogP contribution is 2.55. The van der Waals surface area contributed by atoms with E-state index in [1.54, 1.807) is 48.7 Å². The average Bonchev–Trinajstić information content (AvgIpc) is 4.34. The van der Waals surface area contributed by atoms with Gasteiger partial charge in [0.15, 0.2) is 0 Å². The third-order valence-electron chi connectivity index (χ3n) is 13.2. The highest BCUT2D eigenvalue weighted by atomic mass is 32.1. The first kappa shape index (κ1) is 66.9. The summed E-state index contributed by atoms with van der Waals surface area (Å²) < 4.78 is 77.7. The number of hydrogen-bond donors (Lipinski definition) is 1. The van der Waals surface area contributed by atoms with Gasteiger partial charge in [-0.3, -0.25) is 14.4 Å². The first-order valence-corrected chi connectivity index (χ1v) is 30.1. The van der Waals surface area contributed by atoms with Crippen molar-refractivity contribution in [2.45, 2.75) is 58.5 Å². The summed E-state index contributed by atoms with van der Waals surface area (Å²) in [5, 5.41) is 6.95. The fraction of sp³-hybridized carbons (Fsp3) is 0.707. The lowest BCUT2D eigenvalue weighted by Gasteiger charge is -2.31. The Morgan fingerprint density at radius 3 is 1.25 bits per heavy atom. The van der Waals surface area contributed by atoms with Crippen LogP contribution in [0.3, 0.4) is 0 Å². The minimum Gasteiger partial charge on any atom is -0.491 e.